The minimum absolute atomic E-state index is 0.0443. The second kappa shape index (κ2) is 7.35. The minimum Gasteiger partial charge on any atom is -0.323 e. The Kier molecular flexibility index (Phi) is 5.15. The molecule has 3 rings (SSSR count). The lowest BCUT2D eigenvalue weighted by atomic mass is 9.81. The third-order valence-electron chi connectivity index (χ3n) is 4.93. The number of halogens is 2. The molecule has 5 heteroatoms. The Morgan fingerprint density at radius 1 is 1.23 bits per heavy atom. The number of ether oxygens (including phenoxy) is 1. The molecule has 2 aromatic rings. The van der Waals surface area contributed by atoms with Crippen molar-refractivity contribution < 1.29 is 18.3 Å². The number of nitriles is 1. The lowest BCUT2D eigenvalue weighted by molar-refractivity contribution is -0.130. The standard InChI is InChI=1S/C21H19F2NO2/c1-21(8-3-9-26-20(22)23)12-17-7-6-16(11-18(17)19(21)25)15-5-2-4-14(10-15)13-24/h2,4-7,10-11,20H,3,8-9,12H2,1H3. The van der Waals surface area contributed by atoms with E-state index in [0.717, 1.165) is 16.7 Å². The number of ketones is 1. The first-order valence-electron chi connectivity index (χ1n) is 8.51. The van der Waals surface area contributed by atoms with Crippen molar-refractivity contribution in [3.05, 3.63) is 59.2 Å². The zero-order valence-electron chi connectivity index (χ0n) is 14.5. The normalized spacial score (nSPS) is 18.8. The third kappa shape index (κ3) is 3.66. The number of benzene rings is 2. The van der Waals surface area contributed by atoms with Crippen molar-refractivity contribution in [1.29, 1.82) is 5.26 Å². The Bertz CT molecular complexity index is 873. The van der Waals surface area contributed by atoms with E-state index in [9.17, 15) is 13.6 Å². The van der Waals surface area contributed by atoms with Gasteiger partial charge in [-0.15, -0.1) is 0 Å². The van der Waals surface area contributed by atoms with Crippen LogP contribution in [0, 0.1) is 16.7 Å². The molecule has 1 aliphatic rings. The molecular weight excluding hydrogens is 336 g/mol. The highest BCUT2D eigenvalue weighted by Gasteiger charge is 2.41. The van der Waals surface area contributed by atoms with Crippen LogP contribution in [-0.4, -0.2) is 19.0 Å². The van der Waals surface area contributed by atoms with Gasteiger partial charge in [0, 0.05) is 11.0 Å². The van der Waals surface area contributed by atoms with E-state index in [1.54, 1.807) is 12.1 Å². The van der Waals surface area contributed by atoms with Crippen LogP contribution in [0.15, 0.2) is 42.5 Å². The highest BCUT2D eigenvalue weighted by Crippen LogP contribution is 2.41. The average molecular weight is 355 g/mol. The highest BCUT2D eigenvalue weighted by molar-refractivity contribution is 6.05. The minimum atomic E-state index is -2.77. The van der Waals surface area contributed by atoms with Crippen molar-refractivity contribution in [3.8, 4) is 17.2 Å². The Labute approximate surface area is 151 Å². The SMILES string of the molecule is CC1(CCCOC(F)F)Cc2ccc(-c3cccc(C#N)c3)cc2C1=O. The quantitative estimate of drug-likeness (QED) is 0.686. The van der Waals surface area contributed by atoms with E-state index in [2.05, 4.69) is 10.8 Å². The van der Waals surface area contributed by atoms with Gasteiger partial charge in [0.15, 0.2) is 5.78 Å². The van der Waals surface area contributed by atoms with E-state index >= 15 is 0 Å². The smallest absolute Gasteiger partial charge is 0.323 e. The van der Waals surface area contributed by atoms with Crippen LogP contribution in [-0.2, 0) is 11.2 Å². The third-order valence-corrected chi connectivity index (χ3v) is 4.93. The molecule has 2 aromatic carbocycles. The summed E-state index contributed by atoms with van der Waals surface area (Å²) in [5, 5.41) is 9.05. The number of hydrogen-bond donors (Lipinski definition) is 0. The first-order chi connectivity index (χ1) is 12.4. The fraction of sp³-hybridized carbons (Fsp3) is 0.333. The molecule has 0 spiro atoms. The molecule has 0 fully saturated rings. The van der Waals surface area contributed by atoms with Crippen LogP contribution in [0.2, 0.25) is 0 Å². The highest BCUT2D eigenvalue weighted by atomic mass is 19.3. The van der Waals surface area contributed by atoms with Gasteiger partial charge in [-0.1, -0.05) is 31.2 Å². The fourth-order valence-corrected chi connectivity index (χ4v) is 3.55. The van der Waals surface area contributed by atoms with Crippen molar-refractivity contribution in [1.82, 2.24) is 0 Å². The zero-order valence-corrected chi connectivity index (χ0v) is 14.5. The van der Waals surface area contributed by atoms with E-state index in [1.807, 2.05) is 37.3 Å². The number of carbonyl (C=O) groups excluding carboxylic acids is 1. The number of hydrogen-bond acceptors (Lipinski definition) is 3. The van der Waals surface area contributed by atoms with Crippen molar-refractivity contribution in [2.45, 2.75) is 32.8 Å². The first-order valence-corrected chi connectivity index (χ1v) is 8.51. The Morgan fingerprint density at radius 3 is 2.73 bits per heavy atom. The molecule has 0 amide bonds. The molecule has 0 N–H and O–H groups in total. The van der Waals surface area contributed by atoms with Gasteiger partial charge in [-0.3, -0.25) is 4.79 Å². The molecule has 134 valence electrons. The summed E-state index contributed by atoms with van der Waals surface area (Å²) in [6.45, 7) is -0.942. The fourth-order valence-electron chi connectivity index (χ4n) is 3.55. The monoisotopic (exact) mass is 355 g/mol. The van der Waals surface area contributed by atoms with Gasteiger partial charge < -0.3 is 4.74 Å². The summed E-state index contributed by atoms with van der Waals surface area (Å²) < 4.78 is 28.4. The molecule has 3 nitrogen and oxygen atoms in total. The Hall–Kier alpha value is -2.58. The average Bonchev–Trinajstić information content (AvgIpc) is 2.89. The number of carbonyl (C=O) groups is 1. The van der Waals surface area contributed by atoms with Crippen LogP contribution in [0.1, 0.15) is 41.3 Å². The van der Waals surface area contributed by atoms with Gasteiger partial charge in [0.05, 0.1) is 18.2 Å². The van der Waals surface area contributed by atoms with E-state index < -0.39 is 12.0 Å². The summed E-state index contributed by atoms with van der Waals surface area (Å²) in [5.41, 5.74) is 3.42. The van der Waals surface area contributed by atoms with Crippen molar-refractivity contribution in [2.24, 2.45) is 5.41 Å². The maximum atomic E-state index is 12.9. The Morgan fingerprint density at radius 2 is 2.00 bits per heavy atom. The number of fused-ring (bicyclic) bond motifs is 1. The van der Waals surface area contributed by atoms with Crippen LogP contribution in [0.4, 0.5) is 8.78 Å². The second-order valence-corrected chi connectivity index (χ2v) is 6.87. The first kappa shape index (κ1) is 18.2. The summed E-state index contributed by atoms with van der Waals surface area (Å²) in [5.74, 6) is 0.0443. The summed E-state index contributed by atoms with van der Waals surface area (Å²) >= 11 is 0. The molecule has 0 radical (unpaired) electrons. The van der Waals surface area contributed by atoms with Crippen LogP contribution >= 0.6 is 0 Å². The van der Waals surface area contributed by atoms with Gasteiger partial charge in [0.1, 0.15) is 0 Å². The summed E-state index contributed by atoms with van der Waals surface area (Å²) in [7, 11) is 0. The van der Waals surface area contributed by atoms with E-state index in [4.69, 9.17) is 5.26 Å². The number of rotatable bonds is 6. The van der Waals surface area contributed by atoms with Gasteiger partial charge in [-0.25, -0.2) is 0 Å². The van der Waals surface area contributed by atoms with Crippen molar-refractivity contribution in [3.63, 3.8) is 0 Å². The van der Waals surface area contributed by atoms with Crippen LogP contribution in [0.5, 0.6) is 0 Å². The van der Waals surface area contributed by atoms with Gasteiger partial charge in [-0.2, -0.15) is 14.0 Å². The molecule has 0 heterocycles. The van der Waals surface area contributed by atoms with Gasteiger partial charge in [0.2, 0.25) is 0 Å². The van der Waals surface area contributed by atoms with E-state index in [1.165, 1.54) is 0 Å². The van der Waals surface area contributed by atoms with Gasteiger partial charge in [-0.05, 0) is 54.2 Å². The van der Waals surface area contributed by atoms with E-state index in [-0.39, 0.29) is 12.4 Å². The number of nitrogens with zero attached hydrogens (tertiary/aromatic N) is 1. The van der Waals surface area contributed by atoms with Gasteiger partial charge >= 0.3 is 6.61 Å². The predicted molar refractivity (Wildman–Crippen MR) is 93.9 cm³/mol. The van der Waals surface area contributed by atoms with Crippen molar-refractivity contribution >= 4 is 5.78 Å². The maximum absolute atomic E-state index is 12.9. The zero-order chi connectivity index (χ0) is 18.7. The van der Waals surface area contributed by atoms with Crippen LogP contribution in [0.3, 0.4) is 0 Å². The number of Topliss-reactive ketones (excluding diaryl/α,β-unsaturated/α-hetero) is 1. The Balaban J connectivity index is 1.79. The molecule has 0 aliphatic heterocycles. The molecule has 26 heavy (non-hydrogen) atoms. The molecule has 0 bridgehead atoms. The largest absolute Gasteiger partial charge is 0.345 e. The summed E-state index contributed by atoms with van der Waals surface area (Å²) in [6, 6.07) is 15.1. The van der Waals surface area contributed by atoms with Crippen LogP contribution < -0.4 is 0 Å². The molecular formula is C21H19F2NO2. The van der Waals surface area contributed by atoms with Crippen molar-refractivity contribution in [2.75, 3.05) is 6.61 Å². The van der Waals surface area contributed by atoms with Crippen LogP contribution in [0.25, 0.3) is 11.1 Å². The lowest BCUT2D eigenvalue weighted by Gasteiger charge is -2.21. The predicted octanol–water partition coefficient (Wildman–Crippen LogP) is 4.99. The molecule has 1 atom stereocenters. The van der Waals surface area contributed by atoms with Gasteiger partial charge in [0.25, 0.3) is 0 Å². The topological polar surface area (TPSA) is 50.1 Å². The maximum Gasteiger partial charge on any atom is 0.345 e. The molecule has 1 unspecified atom stereocenters. The molecule has 0 saturated heterocycles. The lowest BCUT2D eigenvalue weighted by Crippen LogP contribution is -2.24. The summed E-state index contributed by atoms with van der Waals surface area (Å²) in [6.07, 6.45) is 1.53. The summed E-state index contributed by atoms with van der Waals surface area (Å²) in [4.78, 5) is 12.9. The molecule has 0 saturated carbocycles. The molecule has 0 aromatic heterocycles. The van der Waals surface area contributed by atoms with E-state index in [0.29, 0.717) is 30.4 Å². The molecule has 1 aliphatic carbocycles. The number of alkyl halides is 2. The second-order valence-electron chi connectivity index (χ2n) is 6.87.